The fourth-order valence-corrected chi connectivity index (χ4v) is 3.54. The van der Waals surface area contributed by atoms with E-state index in [1.165, 1.54) is 11.3 Å². The third kappa shape index (κ3) is 4.07. The van der Waals surface area contributed by atoms with Crippen molar-refractivity contribution in [3.05, 3.63) is 52.2 Å². The van der Waals surface area contributed by atoms with E-state index in [0.29, 0.717) is 11.6 Å². The molecule has 2 rings (SSSR count). The molecule has 2 aromatic rings. The van der Waals surface area contributed by atoms with Crippen LogP contribution in [0.3, 0.4) is 0 Å². The van der Waals surface area contributed by atoms with Gasteiger partial charge in [-0.15, -0.1) is 0 Å². The van der Waals surface area contributed by atoms with E-state index in [1.54, 1.807) is 16.8 Å². The average Bonchev–Trinajstić information content (AvgIpc) is 2.91. The molecule has 0 bridgehead atoms. The van der Waals surface area contributed by atoms with Crippen LogP contribution in [0.4, 0.5) is 8.78 Å². The summed E-state index contributed by atoms with van der Waals surface area (Å²) in [6.07, 6.45) is -0.643. The van der Waals surface area contributed by atoms with Crippen molar-refractivity contribution in [2.75, 3.05) is 6.54 Å². The van der Waals surface area contributed by atoms with Crippen molar-refractivity contribution in [3.63, 3.8) is 0 Å². The fourth-order valence-electron chi connectivity index (χ4n) is 1.73. The number of benzene rings is 1. The molecule has 0 saturated carbocycles. The van der Waals surface area contributed by atoms with Crippen molar-refractivity contribution in [2.24, 2.45) is 0 Å². The summed E-state index contributed by atoms with van der Waals surface area (Å²) in [6, 6.07) is 3.98. The Bertz CT molecular complexity index is 702. The van der Waals surface area contributed by atoms with Gasteiger partial charge in [-0.2, -0.15) is 11.3 Å². The molecule has 1 heterocycles. The molecular formula is C13H13F2NO3S2. The van der Waals surface area contributed by atoms with Crippen LogP contribution >= 0.6 is 11.3 Å². The monoisotopic (exact) mass is 333 g/mol. The molecule has 2 N–H and O–H groups in total. The summed E-state index contributed by atoms with van der Waals surface area (Å²) in [7, 11) is -4.07. The Hall–Kier alpha value is -1.35. The first kappa shape index (κ1) is 16.0. The molecule has 21 heavy (non-hydrogen) atoms. The Morgan fingerprint density at radius 3 is 2.67 bits per heavy atom. The Balaban J connectivity index is 1.98. The molecule has 0 aliphatic heterocycles. The van der Waals surface area contributed by atoms with Gasteiger partial charge < -0.3 is 5.11 Å². The minimum Gasteiger partial charge on any atom is -0.388 e. The number of sulfonamides is 1. The number of halogens is 2. The second-order valence-electron chi connectivity index (χ2n) is 4.33. The second kappa shape index (κ2) is 6.61. The first-order valence-electron chi connectivity index (χ1n) is 6.05. The normalized spacial score (nSPS) is 13.3. The number of nitrogens with one attached hydrogen (secondary N) is 1. The topological polar surface area (TPSA) is 66.4 Å². The number of hydrogen-bond acceptors (Lipinski definition) is 4. The van der Waals surface area contributed by atoms with Crippen molar-refractivity contribution < 1.29 is 22.3 Å². The van der Waals surface area contributed by atoms with Gasteiger partial charge in [-0.1, -0.05) is 0 Å². The molecule has 0 aliphatic carbocycles. The summed E-state index contributed by atoms with van der Waals surface area (Å²) in [4.78, 5) is -0.617. The Morgan fingerprint density at radius 1 is 1.29 bits per heavy atom. The van der Waals surface area contributed by atoms with Gasteiger partial charge in [0.2, 0.25) is 10.0 Å². The highest BCUT2D eigenvalue weighted by molar-refractivity contribution is 7.89. The lowest BCUT2D eigenvalue weighted by Gasteiger charge is -2.11. The summed E-state index contributed by atoms with van der Waals surface area (Å²) < 4.78 is 52.2. The standard InChI is InChI=1S/C13H13F2NO3S2/c14-10-1-2-13(11(15)7-10)21(18,19)16-5-3-12(17)9-4-6-20-8-9/h1-2,4,6-8,12,16-17H,3,5H2. The second-order valence-corrected chi connectivity index (χ2v) is 6.85. The zero-order valence-electron chi connectivity index (χ0n) is 10.8. The zero-order valence-corrected chi connectivity index (χ0v) is 12.4. The van der Waals surface area contributed by atoms with Gasteiger partial charge in [0.15, 0.2) is 0 Å². The molecule has 1 aromatic carbocycles. The number of thiophene rings is 1. The van der Waals surface area contributed by atoms with Crippen LogP contribution in [0, 0.1) is 11.6 Å². The highest BCUT2D eigenvalue weighted by Crippen LogP contribution is 2.19. The number of hydrogen-bond donors (Lipinski definition) is 2. The minimum absolute atomic E-state index is 0.0594. The zero-order chi connectivity index (χ0) is 15.5. The average molecular weight is 333 g/mol. The number of rotatable bonds is 6. The Morgan fingerprint density at radius 2 is 2.05 bits per heavy atom. The lowest BCUT2D eigenvalue weighted by Crippen LogP contribution is -2.26. The largest absolute Gasteiger partial charge is 0.388 e. The van der Waals surface area contributed by atoms with Crippen molar-refractivity contribution in [1.82, 2.24) is 4.72 Å². The Labute approximate surface area is 125 Å². The van der Waals surface area contributed by atoms with Gasteiger partial charge in [0, 0.05) is 12.6 Å². The lowest BCUT2D eigenvalue weighted by molar-refractivity contribution is 0.169. The van der Waals surface area contributed by atoms with Crippen molar-refractivity contribution in [1.29, 1.82) is 0 Å². The minimum atomic E-state index is -4.07. The first-order valence-corrected chi connectivity index (χ1v) is 8.47. The van der Waals surface area contributed by atoms with E-state index in [9.17, 15) is 22.3 Å². The maximum Gasteiger partial charge on any atom is 0.243 e. The van der Waals surface area contributed by atoms with Crippen LogP contribution in [0.5, 0.6) is 0 Å². The van der Waals surface area contributed by atoms with Crippen LogP contribution in [-0.2, 0) is 10.0 Å². The van der Waals surface area contributed by atoms with Crippen LogP contribution in [0.2, 0.25) is 0 Å². The third-order valence-electron chi connectivity index (χ3n) is 2.82. The molecule has 114 valence electrons. The quantitative estimate of drug-likeness (QED) is 0.853. The third-order valence-corrected chi connectivity index (χ3v) is 5.02. The van der Waals surface area contributed by atoms with Crippen LogP contribution in [0.15, 0.2) is 39.9 Å². The molecule has 0 saturated heterocycles. The van der Waals surface area contributed by atoms with Gasteiger partial charge in [0.25, 0.3) is 0 Å². The predicted octanol–water partition coefficient (Wildman–Crippen LogP) is 2.43. The number of aliphatic hydroxyl groups excluding tert-OH is 1. The molecule has 1 aromatic heterocycles. The van der Waals surface area contributed by atoms with Crippen LogP contribution in [0.25, 0.3) is 0 Å². The fraction of sp³-hybridized carbons (Fsp3) is 0.231. The lowest BCUT2D eigenvalue weighted by atomic mass is 10.1. The van der Waals surface area contributed by atoms with Crippen molar-refractivity contribution in [3.8, 4) is 0 Å². The Kier molecular flexibility index (Phi) is 5.04. The summed E-state index contributed by atoms with van der Waals surface area (Å²) >= 11 is 1.42. The maximum absolute atomic E-state index is 13.4. The van der Waals surface area contributed by atoms with Gasteiger partial charge >= 0.3 is 0 Å². The molecule has 0 spiro atoms. The summed E-state index contributed by atoms with van der Waals surface area (Å²) in [5.41, 5.74) is 0.701. The maximum atomic E-state index is 13.4. The molecule has 8 heteroatoms. The highest BCUT2D eigenvalue weighted by atomic mass is 32.2. The number of aliphatic hydroxyl groups is 1. The van der Waals surface area contributed by atoms with E-state index in [1.807, 2.05) is 0 Å². The van der Waals surface area contributed by atoms with Crippen molar-refractivity contribution in [2.45, 2.75) is 17.4 Å². The highest BCUT2D eigenvalue weighted by Gasteiger charge is 2.19. The van der Waals surface area contributed by atoms with E-state index < -0.39 is 32.7 Å². The van der Waals surface area contributed by atoms with Gasteiger partial charge in [0.05, 0.1) is 6.10 Å². The van der Waals surface area contributed by atoms with Gasteiger partial charge in [0.1, 0.15) is 16.5 Å². The molecule has 0 amide bonds. The predicted molar refractivity (Wildman–Crippen MR) is 75.4 cm³/mol. The van der Waals surface area contributed by atoms with E-state index >= 15 is 0 Å². The van der Waals surface area contributed by atoms with Gasteiger partial charge in [-0.05, 0) is 40.9 Å². The van der Waals surface area contributed by atoms with E-state index in [0.717, 1.165) is 12.1 Å². The summed E-state index contributed by atoms with van der Waals surface area (Å²) in [5, 5.41) is 13.4. The van der Waals surface area contributed by atoms with E-state index in [-0.39, 0.29) is 13.0 Å². The summed E-state index contributed by atoms with van der Waals surface area (Å²) in [5.74, 6) is -2.00. The molecule has 1 unspecified atom stereocenters. The van der Waals surface area contributed by atoms with E-state index in [4.69, 9.17) is 0 Å². The SMILES string of the molecule is O=S(=O)(NCCC(O)c1ccsc1)c1ccc(F)cc1F. The van der Waals surface area contributed by atoms with Crippen LogP contribution in [-0.4, -0.2) is 20.1 Å². The first-order chi connectivity index (χ1) is 9.90. The molecule has 0 fully saturated rings. The van der Waals surface area contributed by atoms with E-state index in [2.05, 4.69) is 4.72 Å². The van der Waals surface area contributed by atoms with Gasteiger partial charge in [-0.3, -0.25) is 0 Å². The van der Waals surface area contributed by atoms with Crippen LogP contribution in [0.1, 0.15) is 18.1 Å². The van der Waals surface area contributed by atoms with Crippen LogP contribution < -0.4 is 4.72 Å². The molecule has 1 atom stereocenters. The summed E-state index contributed by atoms with van der Waals surface area (Å²) in [6.45, 7) is -0.0594. The molecule has 0 radical (unpaired) electrons. The molecular weight excluding hydrogens is 320 g/mol. The van der Waals surface area contributed by atoms with Gasteiger partial charge in [-0.25, -0.2) is 21.9 Å². The molecule has 4 nitrogen and oxygen atoms in total. The molecule has 0 aliphatic rings. The smallest absolute Gasteiger partial charge is 0.243 e. The van der Waals surface area contributed by atoms with Crippen molar-refractivity contribution >= 4 is 21.4 Å².